The molecule has 0 spiro atoms. The minimum atomic E-state index is -5.31. The largest absolute Gasteiger partial charge is 0.501 e. The summed E-state index contributed by atoms with van der Waals surface area (Å²) >= 11 is 0. The minimum Gasteiger partial charge on any atom is -0.490 e. The molecule has 0 amide bonds. The lowest BCUT2D eigenvalue weighted by atomic mass is 10.1. The zero-order chi connectivity index (χ0) is 15.7. The summed E-state index contributed by atoms with van der Waals surface area (Å²) in [5, 5.41) is 0. The summed E-state index contributed by atoms with van der Waals surface area (Å²) < 4.78 is 65.4. The number of sulfone groups is 1. The molecule has 2 unspecified atom stereocenters. The van der Waals surface area contributed by atoms with E-state index in [0.29, 0.717) is 12.3 Å². The molecule has 1 aliphatic carbocycles. The fourth-order valence-corrected chi connectivity index (χ4v) is 3.20. The van der Waals surface area contributed by atoms with Crippen molar-refractivity contribution < 1.29 is 26.3 Å². The maximum absolute atomic E-state index is 12.4. The highest BCUT2D eigenvalue weighted by molar-refractivity contribution is 7.92. The molecule has 1 aromatic carbocycles. The Morgan fingerprint density at radius 1 is 1.19 bits per heavy atom. The molecule has 2 atom stereocenters. The SMILES string of the molecule is NCC1CCCC1Oc1ccc(S(=O)(=O)C(F)(F)F)cc1. The van der Waals surface area contributed by atoms with E-state index in [-0.39, 0.29) is 12.0 Å². The zero-order valence-corrected chi connectivity index (χ0v) is 12.0. The van der Waals surface area contributed by atoms with E-state index < -0.39 is 20.2 Å². The quantitative estimate of drug-likeness (QED) is 0.924. The number of benzene rings is 1. The van der Waals surface area contributed by atoms with Crippen LogP contribution in [0.15, 0.2) is 29.2 Å². The number of nitrogens with two attached hydrogens (primary N) is 1. The first-order valence-electron chi connectivity index (χ1n) is 6.54. The molecule has 1 aromatic rings. The molecule has 118 valence electrons. The number of hydrogen-bond donors (Lipinski definition) is 1. The van der Waals surface area contributed by atoms with E-state index in [4.69, 9.17) is 10.5 Å². The van der Waals surface area contributed by atoms with Crippen molar-refractivity contribution in [2.45, 2.75) is 35.8 Å². The number of halogens is 3. The van der Waals surface area contributed by atoms with Crippen LogP contribution in [0, 0.1) is 5.92 Å². The molecule has 0 aliphatic heterocycles. The predicted molar refractivity (Wildman–Crippen MR) is 70.5 cm³/mol. The van der Waals surface area contributed by atoms with Crippen molar-refractivity contribution in [2.24, 2.45) is 11.7 Å². The van der Waals surface area contributed by atoms with Gasteiger partial charge in [0, 0.05) is 5.92 Å². The standard InChI is InChI=1S/C13H16F3NO3S/c14-13(15,16)21(18,19)11-6-4-10(5-7-11)20-12-3-1-2-9(12)8-17/h4-7,9,12H,1-3,8,17H2. The Hall–Kier alpha value is -1.28. The maximum Gasteiger partial charge on any atom is 0.501 e. The summed E-state index contributed by atoms with van der Waals surface area (Å²) in [6.45, 7) is 0.491. The first-order valence-corrected chi connectivity index (χ1v) is 8.02. The van der Waals surface area contributed by atoms with Crippen molar-refractivity contribution in [3.05, 3.63) is 24.3 Å². The van der Waals surface area contributed by atoms with E-state index in [1.165, 1.54) is 12.1 Å². The second-order valence-electron chi connectivity index (χ2n) is 5.00. The van der Waals surface area contributed by atoms with E-state index in [0.717, 1.165) is 31.4 Å². The highest BCUT2D eigenvalue weighted by atomic mass is 32.2. The maximum atomic E-state index is 12.4. The first kappa shape index (κ1) is 16.1. The first-order chi connectivity index (χ1) is 9.75. The van der Waals surface area contributed by atoms with Gasteiger partial charge in [-0.15, -0.1) is 0 Å². The van der Waals surface area contributed by atoms with Gasteiger partial charge < -0.3 is 10.5 Å². The monoisotopic (exact) mass is 323 g/mol. The van der Waals surface area contributed by atoms with Crippen molar-refractivity contribution >= 4 is 9.84 Å². The van der Waals surface area contributed by atoms with Crippen LogP contribution in [0.2, 0.25) is 0 Å². The Labute approximate surface area is 121 Å². The molecule has 2 rings (SSSR count). The zero-order valence-electron chi connectivity index (χ0n) is 11.1. The number of alkyl halides is 3. The van der Waals surface area contributed by atoms with Crippen molar-refractivity contribution in [2.75, 3.05) is 6.54 Å². The highest BCUT2D eigenvalue weighted by Gasteiger charge is 2.46. The Bertz CT molecular complexity index is 584. The van der Waals surface area contributed by atoms with Crippen LogP contribution in [0.5, 0.6) is 5.75 Å². The van der Waals surface area contributed by atoms with Gasteiger partial charge in [-0.3, -0.25) is 0 Å². The summed E-state index contributed by atoms with van der Waals surface area (Å²) in [7, 11) is -5.31. The van der Waals surface area contributed by atoms with Crippen molar-refractivity contribution in [1.82, 2.24) is 0 Å². The molecule has 21 heavy (non-hydrogen) atoms. The number of ether oxygens (including phenoxy) is 1. The Morgan fingerprint density at radius 3 is 2.33 bits per heavy atom. The van der Waals surface area contributed by atoms with E-state index in [2.05, 4.69) is 0 Å². The van der Waals surface area contributed by atoms with Gasteiger partial charge in [-0.2, -0.15) is 13.2 Å². The number of hydrogen-bond acceptors (Lipinski definition) is 4. The van der Waals surface area contributed by atoms with Crippen LogP contribution in [0.1, 0.15) is 19.3 Å². The Kier molecular flexibility index (Phi) is 4.48. The second kappa shape index (κ2) is 5.84. The molecular weight excluding hydrogens is 307 g/mol. The molecule has 2 N–H and O–H groups in total. The summed E-state index contributed by atoms with van der Waals surface area (Å²) in [6.07, 6.45) is 2.72. The fraction of sp³-hybridized carbons (Fsp3) is 0.538. The van der Waals surface area contributed by atoms with E-state index in [1.807, 2.05) is 0 Å². The normalized spacial score (nSPS) is 23.2. The van der Waals surface area contributed by atoms with Crippen molar-refractivity contribution in [3.8, 4) is 5.75 Å². The molecule has 0 aromatic heterocycles. The van der Waals surface area contributed by atoms with Crippen LogP contribution in [0.25, 0.3) is 0 Å². The summed E-state index contributed by atoms with van der Waals surface area (Å²) in [5.41, 5.74) is 0.322. The van der Waals surface area contributed by atoms with E-state index >= 15 is 0 Å². The van der Waals surface area contributed by atoms with Crippen LogP contribution in [-0.2, 0) is 9.84 Å². The van der Waals surface area contributed by atoms with Gasteiger partial charge in [-0.05, 0) is 50.1 Å². The third-order valence-corrected chi connectivity index (χ3v) is 5.12. The molecule has 0 heterocycles. The average Bonchev–Trinajstić information content (AvgIpc) is 2.85. The molecule has 4 nitrogen and oxygen atoms in total. The third-order valence-electron chi connectivity index (χ3n) is 3.62. The van der Waals surface area contributed by atoms with E-state index in [1.54, 1.807) is 0 Å². The predicted octanol–water partition coefficient (Wildman–Crippen LogP) is 2.49. The molecule has 1 fully saturated rings. The molecule has 1 aliphatic rings. The Balaban J connectivity index is 2.13. The van der Waals surface area contributed by atoms with Crippen molar-refractivity contribution in [1.29, 1.82) is 0 Å². The van der Waals surface area contributed by atoms with Gasteiger partial charge in [-0.1, -0.05) is 0 Å². The lowest BCUT2D eigenvalue weighted by molar-refractivity contribution is -0.0436. The molecule has 8 heteroatoms. The number of rotatable bonds is 4. The minimum absolute atomic E-state index is 0.0694. The van der Waals surface area contributed by atoms with Gasteiger partial charge in [0.15, 0.2) is 0 Å². The fourth-order valence-electron chi connectivity index (χ4n) is 2.43. The van der Waals surface area contributed by atoms with Crippen LogP contribution in [0.4, 0.5) is 13.2 Å². The Morgan fingerprint density at radius 2 is 1.81 bits per heavy atom. The van der Waals surface area contributed by atoms with Gasteiger partial charge >= 0.3 is 5.51 Å². The molecule has 0 bridgehead atoms. The second-order valence-corrected chi connectivity index (χ2v) is 6.94. The highest BCUT2D eigenvalue weighted by Crippen LogP contribution is 2.32. The summed E-state index contributed by atoms with van der Waals surface area (Å²) in [4.78, 5) is -0.788. The van der Waals surface area contributed by atoms with Gasteiger partial charge in [0.1, 0.15) is 11.9 Å². The molecule has 0 saturated heterocycles. The summed E-state index contributed by atoms with van der Waals surface area (Å²) in [6, 6.07) is 4.30. The third kappa shape index (κ3) is 3.32. The van der Waals surface area contributed by atoms with Crippen LogP contribution in [-0.4, -0.2) is 26.6 Å². The van der Waals surface area contributed by atoms with Crippen LogP contribution >= 0.6 is 0 Å². The lowest BCUT2D eigenvalue weighted by Gasteiger charge is -2.20. The topological polar surface area (TPSA) is 69.4 Å². The molecule has 0 radical (unpaired) electrons. The average molecular weight is 323 g/mol. The van der Waals surface area contributed by atoms with Gasteiger partial charge in [0.05, 0.1) is 4.90 Å². The molecule has 1 saturated carbocycles. The lowest BCUT2D eigenvalue weighted by Crippen LogP contribution is -2.27. The van der Waals surface area contributed by atoms with Gasteiger partial charge in [0.25, 0.3) is 9.84 Å². The van der Waals surface area contributed by atoms with Gasteiger partial charge in [-0.25, -0.2) is 8.42 Å². The van der Waals surface area contributed by atoms with Crippen LogP contribution < -0.4 is 10.5 Å². The van der Waals surface area contributed by atoms with Crippen molar-refractivity contribution in [3.63, 3.8) is 0 Å². The molecular formula is C13H16F3NO3S. The summed E-state index contributed by atoms with van der Waals surface area (Å²) in [5.74, 6) is 0.574. The van der Waals surface area contributed by atoms with Gasteiger partial charge in [0.2, 0.25) is 0 Å². The van der Waals surface area contributed by atoms with E-state index in [9.17, 15) is 21.6 Å². The smallest absolute Gasteiger partial charge is 0.490 e. The van der Waals surface area contributed by atoms with Crippen LogP contribution in [0.3, 0.4) is 0 Å².